The lowest BCUT2D eigenvalue weighted by molar-refractivity contribution is 0.684. The van der Waals surface area contributed by atoms with E-state index in [0.29, 0.717) is 13.1 Å². The Morgan fingerprint density at radius 2 is 1.92 bits per heavy atom. The van der Waals surface area contributed by atoms with E-state index in [2.05, 4.69) is 38.0 Å². The zero-order valence-corrected chi connectivity index (χ0v) is 16.6. The van der Waals surface area contributed by atoms with Crippen molar-refractivity contribution < 1.29 is 0 Å². The number of aromatic nitrogens is 4. The molecule has 0 bridgehead atoms. The van der Waals surface area contributed by atoms with Gasteiger partial charge in [-0.1, -0.05) is 12.1 Å². The molecule has 25 heavy (non-hydrogen) atoms. The predicted octanol–water partition coefficient (Wildman–Crippen LogP) is 2.09. The molecule has 0 radical (unpaired) electrons. The maximum atomic E-state index is 4.26. The highest BCUT2D eigenvalue weighted by Gasteiger charge is 2.03. The second-order valence-electron chi connectivity index (χ2n) is 5.35. The van der Waals surface area contributed by atoms with Crippen LogP contribution in [-0.2, 0) is 20.1 Å². The molecule has 8 heteroatoms. The minimum atomic E-state index is 0. The van der Waals surface area contributed by atoms with E-state index in [1.807, 2.05) is 46.9 Å². The van der Waals surface area contributed by atoms with E-state index in [1.165, 1.54) is 0 Å². The number of aryl methyl sites for hydroxylation is 1. The van der Waals surface area contributed by atoms with Crippen LogP contribution in [0.3, 0.4) is 0 Å². The van der Waals surface area contributed by atoms with E-state index in [1.54, 1.807) is 19.4 Å². The summed E-state index contributed by atoms with van der Waals surface area (Å²) in [5, 5.41) is 15.0. The van der Waals surface area contributed by atoms with Crippen LogP contribution in [0.4, 0.5) is 0 Å². The van der Waals surface area contributed by atoms with Crippen molar-refractivity contribution in [3.05, 3.63) is 66.2 Å². The summed E-state index contributed by atoms with van der Waals surface area (Å²) in [6.45, 7) is 1.35. The number of nitrogens with zero attached hydrogens (tertiary/aromatic N) is 5. The molecular formula is C17H22IN7. The first kappa shape index (κ1) is 19.0. The molecule has 2 aromatic heterocycles. The van der Waals surface area contributed by atoms with E-state index in [-0.39, 0.29) is 24.0 Å². The van der Waals surface area contributed by atoms with E-state index in [9.17, 15) is 0 Å². The van der Waals surface area contributed by atoms with Crippen LogP contribution in [0, 0.1) is 0 Å². The van der Waals surface area contributed by atoms with Crippen molar-refractivity contribution in [2.45, 2.75) is 13.1 Å². The Bertz CT molecular complexity index is 808. The topological polar surface area (TPSA) is 72.1 Å². The van der Waals surface area contributed by atoms with Gasteiger partial charge in [-0.25, -0.2) is 4.68 Å². The Balaban J connectivity index is 0.00000225. The molecule has 0 fully saturated rings. The highest BCUT2D eigenvalue weighted by molar-refractivity contribution is 14.0. The lowest BCUT2D eigenvalue weighted by Crippen LogP contribution is -2.36. The second-order valence-corrected chi connectivity index (χ2v) is 5.35. The summed E-state index contributed by atoms with van der Waals surface area (Å²) in [7, 11) is 3.69. The molecule has 2 N–H and O–H groups in total. The summed E-state index contributed by atoms with van der Waals surface area (Å²) in [4.78, 5) is 4.25. The number of aliphatic imine (C=N–C) groups is 1. The van der Waals surface area contributed by atoms with Crippen LogP contribution < -0.4 is 10.6 Å². The van der Waals surface area contributed by atoms with Crippen molar-refractivity contribution in [1.29, 1.82) is 0 Å². The third-order valence-electron chi connectivity index (χ3n) is 3.72. The first-order chi connectivity index (χ1) is 11.8. The summed E-state index contributed by atoms with van der Waals surface area (Å²) in [6, 6.07) is 12.1. The van der Waals surface area contributed by atoms with E-state index >= 15 is 0 Å². The maximum absolute atomic E-state index is 4.26. The fourth-order valence-corrected chi connectivity index (χ4v) is 2.39. The standard InChI is InChI=1S/C17H21N7.HI/c1-18-17(20-13-16-7-9-21-23(16)2)19-12-14-5-3-6-15(11-14)24-10-4-8-22-24;/h3-11H,12-13H2,1-2H3,(H2,18,19,20);1H. The van der Waals surface area contributed by atoms with Gasteiger partial charge in [0.15, 0.2) is 5.96 Å². The highest BCUT2D eigenvalue weighted by Crippen LogP contribution is 2.09. The number of guanidine groups is 1. The average molecular weight is 451 g/mol. The Labute approximate surface area is 164 Å². The van der Waals surface area contributed by atoms with Crippen LogP contribution in [0.5, 0.6) is 0 Å². The lowest BCUT2D eigenvalue weighted by Gasteiger charge is -2.12. The molecular weight excluding hydrogens is 429 g/mol. The maximum Gasteiger partial charge on any atom is 0.191 e. The molecule has 132 valence electrons. The minimum Gasteiger partial charge on any atom is -0.352 e. The van der Waals surface area contributed by atoms with Crippen molar-refractivity contribution in [3.8, 4) is 5.69 Å². The van der Waals surface area contributed by atoms with Crippen molar-refractivity contribution in [1.82, 2.24) is 30.2 Å². The van der Waals surface area contributed by atoms with Gasteiger partial charge in [0.05, 0.1) is 17.9 Å². The van der Waals surface area contributed by atoms with Gasteiger partial charge in [-0.2, -0.15) is 10.2 Å². The summed E-state index contributed by atoms with van der Waals surface area (Å²) < 4.78 is 3.69. The average Bonchev–Trinajstić information content (AvgIpc) is 3.27. The molecule has 0 saturated carbocycles. The van der Waals surface area contributed by atoms with Crippen molar-refractivity contribution in [2.75, 3.05) is 7.05 Å². The summed E-state index contributed by atoms with van der Waals surface area (Å²) in [6.07, 6.45) is 5.49. The molecule has 0 spiro atoms. The Kier molecular flexibility index (Phi) is 6.99. The first-order valence-electron chi connectivity index (χ1n) is 7.76. The van der Waals surface area contributed by atoms with Gasteiger partial charge < -0.3 is 10.6 Å². The van der Waals surface area contributed by atoms with Crippen LogP contribution in [0.25, 0.3) is 5.69 Å². The number of halogens is 1. The Morgan fingerprint density at radius 1 is 1.08 bits per heavy atom. The normalized spacial score (nSPS) is 11.0. The van der Waals surface area contributed by atoms with E-state index in [4.69, 9.17) is 0 Å². The molecule has 1 aromatic carbocycles. The molecule has 3 aromatic rings. The zero-order valence-electron chi connectivity index (χ0n) is 14.3. The Hall–Kier alpha value is -2.36. The molecule has 0 aliphatic heterocycles. The molecule has 0 atom stereocenters. The summed E-state index contributed by atoms with van der Waals surface area (Å²) >= 11 is 0. The number of rotatable bonds is 5. The van der Waals surface area contributed by atoms with E-state index < -0.39 is 0 Å². The smallest absolute Gasteiger partial charge is 0.191 e. The summed E-state index contributed by atoms with van der Waals surface area (Å²) in [5.41, 5.74) is 3.29. The first-order valence-corrected chi connectivity index (χ1v) is 7.76. The third-order valence-corrected chi connectivity index (χ3v) is 3.72. The van der Waals surface area contributed by atoms with Gasteiger partial charge in [0.1, 0.15) is 0 Å². The number of benzene rings is 1. The van der Waals surface area contributed by atoms with Gasteiger partial charge in [-0.05, 0) is 29.8 Å². The van der Waals surface area contributed by atoms with E-state index in [0.717, 1.165) is 22.9 Å². The van der Waals surface area contributed by atoms with Crippen LogP contribution in [0.15, 0.2) is 60.0 Å². The fourth-order valence-electron chi connectivity index (χ4n) is 2.39. The van der Waals surface area contributed by atoms with Crippen molar-refractivity contribution in [2.24, 2.45) is 12.0 Å². The lowest BCUT2D eigenvalue weighted by atomic mass is 10.2. The zero-order chi connectivity index (χ0) is 16.8. The quantitative estimate of drug-likeness (QED) is 0.354. The van der Waals surface area contributed by atoms with Gasteiger partial charge in [0.25, 0.3) is 0 Å². The van der Waals surface area contributed by atoms with Crippen LogP contribution in [0.1, 0.15) is 11.3 Å². The van der Waals surface area contributed by atoms with Gasteiger partial charge in [0.2, 0.25) is 0 Å². The molecule has 2 heterocycles. The molecule has 0 aliphatic rings. The van der Waals surface area contributed by atoms with Gasteiger partial charge in [-0.3, -0.25) is 9.67 Å². The molecule has 3 rings (SSSR count). The molecule has 7 nitrogen and oxygen atoms in total. The SMILES string of the molecule is CN=C(NCc1cccc(-n2cccn2)c1)NCc1ccnn1C.I. The van der Waals surface area contributed by atoms with Crippen LogP contribution >= 0.6 is 24.0 Å². The minimum absolute atomic E-state index is 0. The molecule has 0 aliphatic carbocycles. The highest BCUT2D eigenvalue weighted by atomic mass is 127. The van der Waals surface area contributed by atoms with Gasteiger partial charge in [-0.15, -0.1) is 24.0 Å². The van der Waals surface area contributed by atoms with Crippen LogP contribution in [0.2, 0.25) is 0 Å². The largest absolute Gasteiger partial charge is 0.352 e. The number of hydrogen-bond donors (Lipinski definition) is 2. The number of hydrogen-bond acceptors (Lipinski definition) is 3. The second kappa shape index (κ2) is 9.21. The monoisotopic (exact) mass is 451 g/mol. The fraction of sp³-hybridized carbons (Fsp3) is 0.235. The van der Waals surface area contributed by atoms with Gasteiger partial charge >= 0.3 is 0 Å². The Morgan fingerprint density at radius 3 is 2.60 bits per heavy atom. The number of nitrogens with one attached hydrogen (secondary N) is 2. The predicted molar refractivity (Wildman–Crippen MR) is 109 cm³/mol. The summed E-state index contributed by atoms with van der Waals surface area (Å²) in [5.74, 6) is 0.751. The molecule has 0 saturated heterocycles. The van der Waals surface area contributed by atoms with Gasteiger partial charge in [0, 0.05) is 39.2 Å². The third kappa shape index (κ3) is 5.05. The molecule has 0 amide bonds. The molecule has 0 unspecified atom stereocenters. The van der Waals surface area contributed by atoms with Crippen molar-refractivity contribution >= 4 is 29.9 Å². The van der Waals surface area contributed by atoms with Crippen molar-refractivity contribution in [3.63, 3.8) is 0 Å². The van der Waals surface area contributed by atoms with Crippen LogP contribution in [-0.4, -0.2) is 32.6 Å².